The van der Waals surface area contributed by atoms with Gasteiger partial charge in [-0.2, -0.15) is 0 Å². The first-order valence-corrected chi connectivity index (χ1v) is 13.9. The molecular weight excluding hydrogens is 374 g/mol. The third-order valence-electron chi connectivity index (χ3n) is 9.40. The van der Waals surface area contributed by atoms with E-state index < -0.39 is 6.17 Å². The van der Waals surface area contributed by atoms with Crippen molar-refractivity contribution in [3.05, 3.63) is 0 Å². The molecule has 3 rings (SSSR count). The molecule has 0 saturated heterocycles. The topological polar surface area (TPSA) is 0 Å². The van der Waals surface area contributed by atoms with Crippen molar-refractivity contribution in [2.75, 3.05) is 6.67 Å². The lowest BCUT2D eigenvalue weighted by atomic mass is 9.65. The quantitative estimate of drug-likeness (QED) is 0.290. The number of unbranched alkanes of at least 4 members (excludes halogenated alkanes) is 2. The minimum atomic E-state index is -0.546. The minimum absolute atomic E-state index is 0.0878. The summed E-state index contributed by atoms with van der Waals surface area (Å²) in [6.07, 6.45) is 23.3. The molecule has 0 spiro atoms. The van der Waals surface area contributed by atoms with Crippen LogP contribution >= 0.6 is 0 Å². The van der Waals surface area contributed by atoms with E-state index in [1.54, 1.807) is 0 Å². The van der Waals surface area contributed by atoms with E-state index in [0.29, 0.717) is 5.92 Å². The van der Waals surface area contributed by atoms with Crippen molar-refractivity contribution in [2.45, 2.75) is 135 Å². The summed E-state index contributed by atoms with van der Waals surface area (Å²) in [4.78, 5) is 0. The Hall–Kier alpha value is -0.140. The van der Waals surface area contributed by atoms with E-state index in [1.807, 2.05) is 0 Å². The van der Waals surface area contributed by atoms with E-state index in [2.05, 4.69) is 6.92 Å². The maximum absolute atomic E-state index is 14.0. The van der Waals surface area contributed by atoms with E-state index in [1.165, 1.54) is 83.5 Å². The van der Waals surface area contributed by atoms with Crippen molar-refractivity contribution >= 4 is 0 Å². The van der Waals surface area contributed by atoms with E-state index in [0.717, 1.165) is 68.1 Å². The first-order valence-electron chi connectivity index (χ1n) is 13.9. The number of hydrogen-bond acceptors (Lipinski definition) is 0. The molecule has 2 heteroatoms. The van der Waals surface area contributed by atoms with Gasteiger partial charge in [0.1, 0.15) is 6.17 Å². The monoisotopic (exact) mass is 424 g/mol. The Kier molecular flexibility index (Phi) is 11.0. The van der Waals surface area contributed by atoms with Crippen molar-refractivity contribution in [3.8, 4) is 0 Å². The molecule has 1 atom stereocenters. The van der Waals surface area contributed by atoms with Crippen LogP contribution in [0.1, 0.15) is 129 Å². The second-order valence-electron chi connectivity index (χ2n) is 11.4. The fourth-order valence-electron chi connectivity index (χ4n) is 7.24. The van der Waals surface area contributed by atoms with Crippen molar-refractivity contribution in [2.24, 2.45) is 35.5 Å². The van der Waals surface area contributed by atoms with Crippen molar-refractivity contribution in [1.29, 1.82) is 0 Å². The summed E-state index contributed by atoms with van der Waals surface area (Å²) in [7, 11) is 0. The van der Waals surface area contributed by atoms with Crippen molar-refractivity contribution in [1.82, 2.24) is 0 Å². The molecule has 0 N–H and O–H groups in total. The predicted molar refractivity (Wildman–Crippen MR) is 125 cm³/mol. The van der Waals surface area contributed by atoms with Gasteiger partial charge in [0.2, 0.25) is 0 Å². The van der Waals surface area contributed by atoms with Crippen LogP contribution in [0, 0.1) is 35.5 Å². The molecule has 0 amide bonds. The summed E-state index contributed by atoms with van der Waals surface area (Å²) < 4.78 is 26.8. The highest BCUT2D eigenvalue weighted by Crippen LogP contribution is 2.46. The van der Waals surface area contributed by atoms with Gasteiger partial charge in [-0.1, -0.05) is 51.9 Å². The molecule has 0 aliphatic heterocycles. The van der Waals surface area contributed by atoms with E-state index >= 15 is 0 Å². The number of hydrogen-bond donors (Lipinski definition) is 0. The lowest BCUT2D eigenvalue weighted by Gasteiger charge is -2.41. The molecule has 0 aromatic heterocycles. The lowest BCUT2D eigenvalue weighted by Crippen LogP contribution is -2.30. The molecule has 176 valence electrons. The Balaban J connectivity index is 1.25. The Morgan fingerprint density at radius 1 is 0.600 bits per heavy atom. The van der Waals surface area contributed by atoms with Crippen molar-refractivity contribution in [3.63, 3.8) is 0 Å². The Morgan fingerprint density at radius 2 is 1.03 bits per heavy atom. The average Bonchev–Trinajstić information content (AvgIpc) is 2.80. The molecule has 3 aliphatic carbocycles. The zero-order valence-corrected chi connectivity index (χ0v) is 19.9. The third kappa shape index (κ3) is 7.77. The summed E-state index contributed by atoms with van der Waals surface area (Å²) in [6, 6.07) is 0. The molecule has 0 aromatic carbocycles. The highest BCUT2D eigenvalue weighted by atomic mass is 19.1. The van der Waals surface area contributed by atoms with E-state index in [4.69, 9.17) is 0 Å². The van der Waals surface area contributed by atoms with Crippen LogP contribution in [-0.4, -0.2) is 12.8 Å². The van der Waals surface area contributed by atoms with Gasteiger partial charge in [0.15, 0.2) is 0 Å². The summed E-state index contributed by atoms with van der Waals surface area (Å²) in [5.41, 5.74) is 0. The molecule has 1 unspecified atom stereocenters. The lowest BCUT2D eigenvalue weighted by molar-refractivity contribution is 0.0995. The fourth-order valence-corrected chi connectivity index (χ4v) is 7.24. The predicted octanol–water partition coefficient (Wildman–Crippen LogP) is 9.46. The number of alkyl halides is 2. The van der Waals surface area contributed by atoms with Gasteiger partial charge in [0, 0.05) is 0 Å². The molecule has 0 nitrogen and oxygen atoms in total. The van der Waals surface area contributed by atoms with Crippen LogP contribution in [0.3, 0.4) is 0 Å². The second-order valence-corrected chi connectivity index (χ2v) is 11.4. The SMILES string of the molecule is CCCCCC(F)CCCC1CCC(C2CCC(C3CCC(CF)CC3)CC2)CC1. The molecular formula is C28H50F2. The Labute approximate surface area is 186 Å². The molecule has 30 heavy (non-hydrogen) atoms. The van der Waals surface area contributed by atoms with Crippen LogP contribution in [-0.2, 0) is 0 Å². The molecule has 0 bridgehead atoms. The highest BCUT2D eigenvalue weighted by Gasteiger charge is 2.34. The second kappa shape index (κ2) is 13.4. The first-order chi connectivity index (χ1) is 14.7. The van der Waals surface area contributed by atoms with Gasteiger partial charge in [0.05, 0.1) is 6.67 Å². The highest BCUT2D eigenvalue weighted by molar-refractivity contribution is 4.85. The first kappa shape index (κ1) is 24.5. The summed E-state index contributed by atoms with van der Waals surface area (Å²) in [5, 5.41) is 0. The zero-order chi connectivity index (χ0) is 21.2. The van der Waals surface area contributed by atoms with Crippen LogP contribution in [0.2, 0.25) is 0 Å². The standard InChI is InChI=1S/C28H50F2/c1-2-3-4-7-28(30)8-5-6-22-9-13-24(14-10-22)26-17-19-27(20-18-26)25-15-11-23(21-29)12-16-25/h22-28H,2-21H2,1H3. The smallest absolute Gasteiger partial charge is 0.100 e. The molecule has 0 aromatic rings. The Bertz CT molecular complexity index is 426. The largest absolute Gasteiger partial charge is 0.251 e. The maximum Gasteiger partial charge on any atom is 0.100 e. The van der Waals surface area contributed by atoms with E-state index in [9.17, 15) is 8.78 Å². The molecule has 0 radical (unpaired) electrons. The molecule has 3 saturated carbocycles. The summed E-state index contributed by atoms with van der Waals surface area (Å²) in [5.74, 6) is 5.08. The summed E-state index contributed by atoms with van der Waals surface area (Å²) >= 11 is 0. The van der Waals surface area contributed by atoms with Gasteiger partial charge >= 0.3 is 0 Å². The summed E-state index contributed by atoms with van der Waals surface area (Å²) in [6.45, 7) is 2.10. The zero-order valence-electron chi connectivity index (χ0n) is 19.9. The van der Waals surface area contributed by atoms with Gasteiger partial charge in [-0.05, 0) is 113 Å². The number of halogens is 2. The third-order valence-corrected chi connectivity index (χ3v) is 9.40. The normalized spacial score (nSPS) is 36.5. The minimum Gasteiger partial charge on any atom is -0.251 e. The fraction of sp³-hybridized carbons (Fsp3) is 1.00. The molecule has 0 heterocycles. The average molecular weight is 425 g/mol. The van der Waals surface area contributed by atoms with Crippen LogP contribution in [0.5, 0.6) is 0 Å². The number of rotatable bonds is 11. The molecule has 3 fully saturated rings. The van der Waals surface area contributed by atoms with Gasteiger partial charge < -0.3 is 0 Å². The molecule has 3 aliphatic rings. The van der Waals surface area contributed by atoms with Gasteiger partial charge in [-0.3, -0.25) is 4.39 Å². The van der Waals surface area contributed by atoms with Crippen LogP contribution in [0.25, 0.3) is 0 Å². The van der Waals surface area contributed by atoms with Gasteiger partial charge in [0.25, 0.3) is 0 Å². The van der Waals surface area contributed by atoms with Crippen LogP contribution in [0.15, 0.2) is 0 Å². The van der Waals surface area contributed by atoms with Gasteiger partial charge in [-0.25, -0.2) is 4.39 Å². The van der Waals surface area contributed by atoms with Gasteiger partial charge in [-0.15, -0.1) is 0 Å². The Morgan fingerprint density at radius 3 is 1.50 bits per heavy atom. The van der Waals surface area contributed by atoms with Crippen molar-refractivity contribution < 1.29 is 8.78 Å². The van der Waals surface area contributed by atoms with Crippen LogP contribution in [0.4, 0.5) is 8.78 Å². The van der Waals surface area contributed by atoms with Crippen LogP contribution < -0.4 is 0 Å². The van der Waals surface area contributed by atoms with E-state index in [-0.39, 0.29) is 6.67 Å². The maximum atomic E-state index is 14.0.